The molecule has 4 amide bonds. The predicted molar refractivity (Wildman–Crippen MR) is 217 cm³/mol. The van der Waals surface area contributed by atoms with Crippen LogP contribution < -0.4 is 10.6 Å². The summed E-state index contributed by atoms with van der Waals surface area (Å²) < 4.78 is 9.55. The van der Waals surface area contributed by atoms with Crippen molar-refractivity contribution in [3.05, 3.63) is 66.3 Å². The minimum Gasteiger partial charge on any atom is -0.453 e. The normalized spacial score (nSPS) is 17.9. The summed E-state index contributed by atoms with van der Waals surface area (Å²) in [5.74, 6) is 1.61. The number of alkyl carbamates (subject to hydrolysis) is 2. The summed E-state index contributed by atoms with van der Waals surface area (Å²) >= 11 is 0. The molecule has 3 aromatic heterocycles. The molecule has 0 spiro atoms. The lowest BCUT2D eigenvalue weighted by Gasteiger charge is -2.29. The Kier molecular flexibility index (Phi) is 11.5. The van der Waals surface area contributed by atoms with Gasteiger partial charge < -0.3 is 44.9 Å². The van der Waals surface area contributed by atoms with E-state index in [1.807, 2.05) is 65.2 Å². The van der Waals surface area contributed by atoms with Crippen molar-refractivity contribution < 1.29 is 28.7 Å². The highest BCUT2D eigenvalue weighted by molar-refractivity contribution is 6.00. The van der Waals surface area contributed by atoms with Crippen LogP contribution in [-0.2, 0) is 19.1 Å². The molecule has 5 heterocycles. The Hall–Kier alpha value is -6.19. The molecule has 58 heavy (non-hydrogen) atoms. The Balaban J connectivity index is 1.09. The molecule has 4 atom stereocenters. The van der Waals surface area contributed by atoms with E-state index in [0.29, 0.717) is 24.7 Å². The van der Waals surface area contributed by atoms with Gasteiger partial charge in [-0.25, -0.2) is 24.5 Å². The summed E-state index contributed by atoms with van der Waals surface area (Å²) in [5, 5.41) is 5.40. The van der Waals surface area contributed by atoms with Gasteiger partial charge in [0.25, 0.3) is 0 Å². The molecule has 0 radical (unpaired) electrons. The molecule has 5 aromatic rings. The third-order valence-corrected chi connectivity index (χ3v) is 11.2. The quantitative estimate of drug-likeness (QED) is 0.100. The molecule has 2 aromatic carbocycles. The van der Waals surface area contributed by atoms with E-state index in [0.717, 1.165) is 76.2 Å². The molecule has 2 aliphatic rings. The van der Waals surface area contributed by atoms with Gasteiger partial charge >= 0.3 is 12.2 Å². The van der Waals surface area contributed by atoms with Crippen LogP contribution in [0.5, 0.6) is 0 Å². The zero-order valence-electron chi connectivity index (χ0n) is 34.0. The summed E-state index contributed by atoms with van der Waals surface area (Å²) in [4.78, 5) is 79.8. The molecule has 0 aliphatic carbocycles. The van der Waals surface area contributed by atoms with Gasteiger partial charge in [-0.2, -0.15) is 0 Å². The number of hydrogen-bond donors (Lipinski definition) is 5. The van der Waals surface area contributed by atoms with E-state index < -0.39 is 24.3 Å². The zero-order chi connectivity index (χ0) is 41.2. The Bertz CT molecular complexity index is 2290. The number of likely N-dealkylation sites (tertiary alicyclic amines) is 2. The topological polar surface area (TPSA) is 203 Å². The van der Waals surface area contributed by atoms with Gasteiger partial charge in [-0.05, 0) is 56.1 Å². The van der Waals surface area contributed by atoms with Crippen LogP contribution in [0.4, 0.5) is 9.59 Å². The molecule has 2 fully saturated rings. The maximum Gasteiger partial charge on any atom is 0.407 e. The van der Waals surface area contributed by atoms with Crippen molar-refractivity contribution in [3.63, 3.8) is 0 Å². The second kappa shape index (κ2) is 16.7. The number of aromatic nitrogens is 6. The van der Waals surface area contributed by atoms with Crippen molar-refractivity contribution in [2.45, 2.75) is 84.5 Å². The van der Waals surface area contributed by atoms with Crippen LogP contribution in [0.3, 0.4) is 0 Å². The fraction of sp³-hybridized carbons (Fsp3) is 0.452. The number of hydrogen-bond acceptors (Lipinski definition) is 9. The van der Waals surface area contributed by atoms with Crippen LogP contribution in [0, 0.1) is 18.8 Å². The second-order valence-corrected chi connectivity index (χ2v) is 15.7. The summed E-state index contributed by atoms with van der Waals surface area (Å²) in [6, 6.07) is 10.4. The smallest absolute Gasteiger partial charge is 0.407 e. The first-order chi connectivity index (χ1) is 27.9. The van der Waals surface area contributed by atoms with Gasteiger partial charge in [-0.15, -0.1) is 0 Å². The van der Waals surface area contributed by atoms with Gasteiger partial charge in [0.2, 0.25) is 11.8 Å². The minimum absolute atomic E-state index is 0.116. The SMILES string of the molecule is COC(=O)N[C@H](C(=O)N1CCC[C@H]1c1nc(-c2ccc(-c3ccc(-c4c[nH]c([C@@H]5CCCN5C(=O)[C@@H](NC(=O)OC)C(C)C)n4)c4nc(C)[nH]c34)cc2)c[nH]1)C(C)C. The first-order valence-electron chi connectivity index (χ1n) is 19.9. The van der Waals surface area contributed by atoms with E-state index in [1.54, 1.807) is 9.80 Å². The molecular weight excluding hydrogens is 741 g/mol. The lowest BCUT2D eigenvalue weighted by Crippen LogP contribution is -2.51. The van der Waals surface area contributed by atoms with E-state index in [1.165, 1.54) is 14.2 Å². The van der Waals surface area contributed by atoms with Gasteiger partial charge in [-0.3, -0.25) is 9.59 Å². The largest absolute Gasteiger partial charge is 0.453 e. The van der Waals surface area contributed by atoms with Crippen molar-refractivity contribution in [2.24, 2.45) is 11.8 Å². The Morgan fingerprint density at radius 3 is 1.69 bits per heavy atom. The zero-order valence-corrected chi connectivity index (χ0v) is 34.0. The molecule has 16 heteroatoms. The molecule has 7 rings (SSSR count). The summed E-state index contributed by atoms with van der Waals surface area (Å²) in [6.45, 7) is 10.7. The van der Waals surface area contributed by atoms with Gasteiger partial charge in [0, 0.05) is 42.2 Å². The van der Waals surface area contributed by atoms with Crippen LogP contribution >= 0.6 is 0 Å². The Labute approximate surface area is 336 Å². The highest BCUT2D eigenvalue weighted by Crippen LogP contribution is 2.38. The number of carbonyl (C=O) groups excluding carboxylic acids is 4. The van der Waals surface area contributed by atoms with Crippen LogP contribution in [-0.4, -0.2) is 103 Å². The number of carbonyl (C=O) groups is 4. The number of methoxy groups -OCH3 is 2. The number of aryl methyl sites for hydroxylation is 1. The Morgan fingerprint density at radius 1 is 0.690 bits per heavy atom. The predicted octanol–water partition coefficient (Wildman–Crippen LogP) is 6.41. The molecular formula is C42H52N10O6. The van der Waals surface area contributed by atoms with Crippen molar-refractivity contribution in [1.29, 1.82) is 0 Å². The standard InChI is InChI=1S/C42H52N10O6/c1-22(2)33(49-41(55)57-6)39(53)51-18-8-10-31(51)37-43-20-29(47-37)26-14-12-25(13-15-26)27-16-17-28(36-35(27)45-24(5)46-36)30-21-44-38(48-30)32-11-9-19-52(32)40(54)34(23(3)4)50-42(56)58-7/h12-17,20-23,31-34H,8-11,18-19H2,1-7H3,(H,43,47)(H,44,48)(H,45,46)(H,49,55)(H,50,56)/t31-,32-,33-,34-/m0/s1. The number of amides is 4. The molecule has 16 nitrogen and oxygen atoms in total. The fourth-order valence-corrected chi connectivity index (χ4v) is 8.16. The number of imidazole rings is 3. The number of H-pyrrole nitrogens is 3. The van der Waals surface area contributed by atoms with Gasteiger partial charge in [-0.1, -0.05) is 58.0 Å². The number of nitrogens with one attached hydrogen (secondary N) is 5. The third kappa shape index (κ3) is 7.87. The molecule has 5 N–H and O–H groups in total. The number of nitrogens with zero attached hydrogens (tertiary/aromatic N) is 5. The van der Waals surface area contributed by atoms with Crippen LogP contribution in [0.2, 0.25) is 0 Å². The molecule has 306 valence electrons. The number of aromatic amines is 3. The van der Waals surface area contributed by atoms with Crippen LogP contribution in [0.1, 0.15) is 82.9 Å². The number of rotatable bonds is 11. The number of benzene rings is 2. The average molecular weight is 793 g/mol. The van der Waals surface area contributed by atoms with E-state index in [-0.39, 0.29) is 35.7 Å². The second-order valence-electron chi connectivity index (χ2n) is 15.7. The third-order valence-electron chi connectivity index (χ3n) is 11.2. The van der Waals surface area contributed by atoms with Crippen molar-refractivity contribution in [2.75, 3.05) is 27.3 Å². The highest BCUT2D eigenvalue weighted by atomic mass is 16.5. The first kappa shape index (κ1) is 40.0. The van der Waals surface area contributed by atoms with E-state index in [4.69, 9.17) is 24.4 Å². The molecule has 0 bridgehead atoms. The van der Waals surface area contributed by atoms with Gasteiger partial charge in [0.15, 0.2) is 0 Å². The maximum absolute atomic E-state index is 13.7. The average Bonchev–Trinajstić information content (AvgIpc) is 4.06. The Morgan fingerprint density at radius 2 is 1.17 bits per heavy atom. The van der Waals surface area contributed by atoms with Crippen molar-refractivity contribution in [1.82, 2.24) is 50.3 Å². The van der Waals surface area contributed by atoms with Crippen LogP contribution in [0.25, 0.3) is 44.7 Å². The van der Waals surface area contributed by atoms with Gasteiger partial charge in [0.05, 0.1) is 48.7 Å². The van der Waals surface area contributed by atoms with Crippen LogP contribution in [0.15, 0.2) is 48.8 Å². The van der Waals surface area contributed by atoms with Crippen molar-refractivity contribution in [3.8, 4) is 33.6 Å². The summed E-state index contributed by atoms with van der Waals surface area (Å²) in [7, 11) is 2.57. The monoisotopic (exact) mass is 792 g/mol. The summed E-state index contributed by atoms with van der Waals surface area (Å²) in [6.07, 6.45) is 5.63. The molecule has 0 unspecified atom stereocenters. The number of ether oxygens (including phenoxy) is 2. The fourth-order valence-electron chi connectivity index (χ4n) is 8.16. The van der Waals surface area contributed by atoms with Crippen molar-refractivity contribution >= 4 is 35.0 Å². The van der Waals surface area contributed by atoms with E-state index in [9.17, 15) is 19.2 Å². The molecule has 0 saturated carbocycles. The lowest BCUT2D eigenvalue weighted by atomic mass is 9.99. The van der Waals surface area contributed by atoms with Gasteiger partial charge in [0.1, 0.15) is 29.6 Å². The highest BCUT2D eigenvalue weighted by Gasteiger charge is 2.39. The summed E-state index contributed by atoms with van der Waals surface area (Å²) in [5.41, 5.74) is 6.91. The van der Waals surface area contributed by atoms with E-state index >= 15 is 0 Å². The number of fused-ring (bicyclic) bond motifs is 1. The molecule has 2 aliphatic heterocycles. The maximum atomic E-state index is 13.7. The molecule has 2 saturated heterocycles. The lowest BCUT2D eigenvalue weighted by molar-refractivity contribution is -0.136. The van der Waals surface area contributed by atoms with E-state index in [2.05, 4.69) is 43.8 Å². The first-order valence-corrected chi connectivity index (χ1v) is 19.9. The minimum atomic E-state index is -0.713.